The molecule has 0 bridgehead atoms. The normalized spacial score (nSPS) is 11.6. The molecular formula is C18H17Br2N3O4. The maximum absolute atomic E-state index is 12.8. The molecule has 27 heavy (non-hydrogen) atoms. The molecule has 1 heterocycles. The molecule has 2 rings (SSSR count). The fourth-order valence-corrected chi connectivity index (χ4v) is 2.89. The summed E-state index contributed by atoms with van der Waals surface area (Å²) in [6, 6.07) is 7.27. The first-order chi connectivity index (χ1) is 12.8. The smallest absolute Gasteiger partial charge is 0.305 e. The van der Waals surface area contributed by atoms with Gasteiger partial charge in [-0.25, -0.2) is 0 Å². The minimum Gasteiger partial charge on any atom is -0.469 e. The number of aromatic nitrogens is 1. The van der Waals surface area contributed by atoms with E-state index in [9.17, 15) is 14.4 Å². The molecule has 9 heteroatoms. The first kappa shape index (κ1) is 21.2. The Bertz CT molecular complexity index is 859. The first-order valence-electron chi connectivity index (χ1n) is 7.91. The Hall–Kier alpha value is -2.10. The molecule has 0 aliphatic carbocycles. The van der Waals surface area contributed by atoms with Crippen molar-refractivity contribution in [2.75, 3.05) is 12.4 Å². The van der Waals surface area contributed by atoms with Gasteiger partial charge < -0.3 is 15.8 Å². The van der Waals surface area contributed by atoms with Gasteiger partial charge in [-0.15, -0.1) is 0 Å². The zero-order valence-electron chi connectivity index (χ0n) is 14.4. The van der Waals surface area contributed by atoms with Crippen LogP contribution in [-0.2, 0) is 14.3 Å². The van der Waals surface area contributed by atoms with Gasteiger partial charge in [0.2, 0.25) is 11.7 Å². The van der Waals surface area contributed by atoms with Gasteiger partial charge in [-0.2, -0.15) is 0 Å². The van der Waals surface area contributed by atoms with E-state index in [1.54, 1.807) is 30.3 Å². The Labute approximate surface area is 172 Å². The van der Waals surface area contributed by atoms with Crippen LogP contribution in [0.4, 0.5) is 5.69 Å². The lowest BCUT2D eigenvalue weighted by molar-refractivity contribution is -0.140. The Morgan fingerprint density at radius 2 is 1.93 bits per heavy atom. The van der Waals surface area contributed by atoms with Gasteiger partial charge in [0.1, 0.15) is 5.69 Å². The van der Waals surface area contributed by atoms with Crippen LogP contribution in [0.2, 0.25) is 0 Å². The Morgan fingerprint density at radius 3 is 2.56 bits per heavy atom. The molecule has 0 aliphatic rings. The van der Waals surface area contributed by atoms with Crippen LogP contribution in [0.5, 0.6) is 0 Å². The summed E-state index contributed by atoms with van der Waals surface area (Å²) in [5.74, 6) is -1.30. The molecular weight excluding hydrogens is 482 g/mol. The topological polar surface area (TPSA) is 111 Å². The minimum absolute atomic E-state index is 0.0227. The number of nitrogens with zero attached hydrogens (tertiary/aromatic N) is 1. The number of halogens is 2. The number of carbonyl (C=O) groups is 3. The highest BCUT2D eigenvalue weighted by Crippen LogP contribution is 2.31. The lowest BCUT2D eigenvalue weighted by atomic mass is 10.0. The van der Waals surface area contributed by atoms with E-state index < -0.39 is 17.9 Å². The molecule has 142 valence electrons. The predicted molar refractivity (Wildman–Crippen MR) is 107 cm³/mol. The second-order valence-corrected chi connectivity index (χ2v) is 7.28. The summed E-state index contributed by atoms with van der Waals surface area (Å²) in [6.45, 7) is 0. The van der Waals surface area contributed by atoms with E-state index in [1.165, 1.54) is 13.3 Å². The maximum Gasteiger partial charge on any atom is 0.305 e. The summed E-state index contributed by atoms with van der Waals surface area (Å²) in [5.41, 5.74) is 6.64. The van der Waals surface area contributed by atoms with Crippen molar-refractivity contribution < 1.29 is 19.1 Å². The molecule has 0 radical (unpaired) electrons. The summed E-state index contributed by atoms with van der Waals surface area (Å²) < 4.78 is 5.84. The lowest BCUT2D eigenvalue weighted by Crippen LogP contribution is -2.36. The highest BCUT2D eigenvalue weighted by atomic mass is 79.9. The van der Waals surface area contributed by atoms with Crippen molar-refractivity contribution in [2.24, 2.45) is 5.73 Å². The Morgan fingerprint density at radius 1 is 1.22 bits per heavy atom. The van der Waals surface area contributed by atoms with Crippen LogP contribution in [0, 0.1) is 0 Å². The Kier molecular flexibility index (Phi) is 7.64. The minimum atomic E-state index is -0.927. The zero-order chi connectivity index (χ0) is 20.0. The number of amides is 1. The van der Waals surface area contributed by atoms with Crippen molar-refractivity contribution in [2.45, 2.75) is 18.9 Å². The molecule has 0 spiro atoms. The molecule has 0 aliphatic heterocycles. The van der Waals surface area contributed by atoms with Gasteiger partial charge >= 0.3 is 5.97 Å². The SMILES string of the molecule is COC(=O)CC[C@@H](N)C(=O)Nc1cc(Br)c(Br)cc1C(=O)c1ccccn1. The number of nitrogens with two attached hydrogens (primary N) is 1. The third-order valence-electron chi connectivity index (χ3n) is 3.68. The van der Waals surface area contributed by atoms with Gasteiger partial charge in [0.05, 0.1) is 18.8 Å². The molecule has 1 aromatic carbocycles. The van der Waals surface area contributed by atoms with Crippen molar-refractivity contribution in [3.8, 4) is 0 Å². The largest absolute Gasteiger partial charge is 0.469 e. The zero-order valence-corrected chi connectivity index (χ0v) is 17.5. The van der Waals surface area contributed by atoms with Gasteiger partial charge in [-0.3, -0.25) is 19.4 Å². The number of methoxy groups -OCH3 is 1. The summed E-state index contributed by atoms with van der Waals surface area (Å²) in [5, 5.41) is 2.66. The van der Waals surface area contributed by atoms with Gasteiger partial charge in [0.15, 0.2) is 0 Å². The van der Waals surface area contributed by atoms with Crippen molar-refractivity contribution in [3.63, 3.8) is 0 Å². The number of ketones is 1. The van der Waals surface area contributed by atoms with Crippen molar-refractivity contribution in [1.29, 1.82) is 0 Å². The third-order valence-corrected chi connectivity index (χ3v) is 5.53. The van der Waals surface area contributed by atoms with E-state index in [-0.39, 0.29) is 29.9 Å². The molecule has 3 N–H and O–H groups in total. The quantitative estimate of drug-likeness (QED) is 0.448. The molecule has 1 atom stereocenters. The van der Waals surface area contributed by atoms with Crippen LogP contribution in [0.1, 0.15) is 28.9 Å². The standard InChI is InChI=1S/C18H17Br2N3O4/c1-27-16(24)6-5-13(21)18(26)23-15-9-12(20)11(19)8-10(15)17(25)14-4-2-3-7-22-14/h2-4,7-9,13H,5-6,21H2,1H3,(H,23,26)/t13-/m1/s1. The molecule has 1 amide bonds. The number of hydrogen-bond acceptors (Lipinski definition) is 6. The van der Waals surface area contributed by atoms with E-state index in [2.05, 4.69) is 46.9 Å². The fourth-order valence-electron chi connectivity index (χ4n) is 2.21. The van der Waals surface area contributed by atoms with E-state index in [0.717, 1.165) is 0 Å². The number of esters is 1. The van der Waals surface area contributed by atoms with Gasteiger partial charge in [0, 0.05) is 27.1 Å². The number of anilines is 1. The van der Waals surface area contributed by atoms with Crippen molar-refractivity contribution in [1.82, 2.24) is 4.98 Å². The van der Waals surface area contributed by atoms with Gasteiger partial charge in [0.25, 0.3) is 0 Å². The predicted octanol–water partition coefficient (Wildman–Crippen LogP) is 3.06. The maximum atomic E-state index is 12.8. The van der Waals surface area contributed by atoms with Crippen LogP contribution in [0.15, 0.2) is 45.5 Å². The molecule has 1 aromatic heterocycles. The second-order valence-electron chi connectivity index (χ2n) is 5.57. The van der Waals surface area contributed by atoms with Crippen LogP contribution in [0.3, 0.4) is 0 Å². The number of ether oxygens (including phenoxy) is 1. The van der Waals surface area contributed by atoms with Crippen LogP contribution >= 0.6 is 31.9 Å². The van der Waals surface area contributed by atoms with Gasteiger partial charge in [-0.05, 0) is 62.5 Å². The van der Waals surface area contributed by atoms with Gasteiger partial charge in [-0.1, -0.05) is 6.07 Å². The molecule has 0 fully saturated rings. The second kappa shape index (κ2) is 9.72. The molecule has 0 saturated heterocycles. The van der Waals surface area contributed by atoms with Crippen LogP contribution in [-0.4, -0.2) is 35.8 Å². The van der Waals surface area contributed by atoms with Crippen molar-refractivity contribution in [3.05, 3.63) is 56.7 Å². The van der Waals surface area contributed by atoms with E-state index in [1.807, 2.05) is 0 Å². The molecule has 7 nitrogen and oxygen atoms in total. The van der Waals surface area contributed by atoms with Crippen LogP contribution < -0.4 is 11.1 Å². The summed E-state index contributed by atoms with van der Waals surface area (Å²) >= 11 is 6.71. The monoisotopic (exact) mass is 497 g/mol. The van der Waals surface area contributed by atoms with E-state index in [4.69, 9.17) is 5.73 Å². The third kappa shape index (κ3) is 5.69. The highest BCUT2D eigenvalue weighted by molar-refractivity contribution is 9.13. The lowest BCUT2D eigenvalue weighted by Gasteiger charge is -2.15. The summed E-state index contributed by atoms with van der Waals surface area (Å²) in [7, 11) is 1.27. The van der Waals surface area contributed by atoms with Crippen LogP contribution in [0.25, 0.3) is 0 Å². The molecule has 0 unspecified atom stereocenters. The van der Waals surface area contributed by atoms with E-state index in [0.29, 0.717) is 14.6 Å². The highest BCUT2D eigenvalue weighted by Gasteiger charge is 2.21. The number of benzene rings is 1. The number of pyridine rings is 1. The Balaban J connectivity index is 2.25. The molecule has 0 saturated carbocycles. The summed E-state index contributed by atoms with van der Waals surface area (Å²) in [6.07, 6.45) is 1.66. The first-order valence-corrected chi connectivity index (χ1v) is 9.50. The summed E-state index contributed by atoms with van der Waals surface area (Å²) in [4.78, 5) is 40.4. The molecule has 2 aromatic rings. The number of hydrogen-bond donors (Lipinski definition) is 2. The fraction of sp³-hybridized carbons (Fsp3) is 0.222. The average Bonchev–Trinajstić information content (AvgIpc) is 2.68. The number of carbonyl (C=O) groups excluding carboxylic acids is 3. The van der Waals surface area contributed by atoms with Crippen molar-refractivity contribution >= 4 is 55.2 Å². The number of rotatable bonds is 7. The van der Waals surface area contributed by atoms with E-state index >= 15 is 0 Å². The average molecular weight is 499 g/mol. The number of nitrogens with one attached hydrogen (secondary N) is 1.